The largest absolute Gasteiger partial charge is 0.495 e. The summed E-state index contributed by atoms with van der Waals surface area (Å²) in [6.07, 6.45) is 2.70. The number of aliphatic hydroxyl groups excluding tert-OH is 1. The highest BCUT2D eigenvalue weighted by Gasteiger charge is 2.35. The van der Waals surface area contributed by atoms with Crippen LogP contribution in [0, 0.1) is 18.8 Å². The number of piperazine rings is 1. The van der Waals surface area contributed by atoms with Crippen LogP contribution in [0.4, 0.5) is 10.5 Å². The van der Waals surface area contributed by atoms with Crippen molar-refractivity contribution in [2.45, 2.75) is 33.2 Å². The van der Waals surface area contributed by atoms with Crippen LogP contribution in [0.3, 0.4) is 0 Å². The molecule has 0 aliphatic carbocycles. The molecule has 3 heterocycles. The normalized spacial score (nSPS) is 29.0. The van der Waals surface area contributed by atoms with Gasteiger partial charge in [0.05, 0.1) is 12.3 Å². The third-order valence-corrected chi connectivity index (χ3v) is 7.83. The summed E-state index contributed by atoms with van der Waals surface area (Å²) < 4.78 is 11.3. The van der Waals surface area contributed by atoms with Crippen LogP contribution in [-0.4, -0.2) is 79.9 Å². The molecule has 35 heavy (non-hydrogen) atoms. The number of aryl methyl sites for hydroxylation is 1. The van der Waals surface area contributed by atoms with Gasteiger partial charge in [0.15, 0.2) is 6.23 Å². The Labute approximate surface area is 212 Å². The lowest BCUT2D eigenvalue weighted by Gasteiger charge is -2.41. The summed E-state index contributed by atoms with van der Waals surface area (Å²) in [5.41, 5.74) is 3.23. The van der Waals surface area contributed by atoms with Crippen molar-refractivity contribution in [2.75, 3.05) is 51.4 Å². The van der Waals surface area contributed by atoms with Gasteiger partial charge in [-0.3, -0.25) is 14.7 Å². The van der Waals surface area contributed by atoms with Gasteiger partial charge in [-0.25, -0.2) is 0 Å². The van der Waals surface area contributed by atoms with E-state index in [1.807, 2.05) is 6.08 Å². The smallest absolute Gasteiger partial charge is 0.285 e. The second-order valence-corrected chi connectivity index (χ2v) is 10.4. The molecule has 3 aliphatic rings. The van der Waals surface area contributed by atoms with E-state index in [0.717, 1.165) is 43.7 Å². The maximum absolute atomic E-state index is 11.7. The predicted octanol–water partition coefficient (Wildman–Crippen LogP) is 3.38. The van der Waals surface area contributed by atoms with Gasteiger partial charge in [0.25, 0.3) is 5.24 Å². The van der Waals surface area contributed by atoms with Crippen LogP contribution in [0.2, 0.25) is 0 Å². The highest BCUT2D eigenvalue weighted by molar-refractivity contribution is 8.17. The molecule has 2 saturated heterocycles. The van der Waals surface area contributed by atoms with Gasteiger partial charge in [-0.05, 0) is 36.9 Å². The van der Waals surface area contributed by atoms with E-state index in [1.54, 1.807) is 13.2 Å². The van der Waals surface area contributed by atoms with Gasteiger partial charge in [-0.1, -0.05) is 31.5 Å². The Bertz CT molecular complexity index is 986. The number of carbonyl (C=O) groups excluding carboxylic acids is 1. The van der Waals surface area contributed by atoms with Gasteiger partial charge in [-0.15, -0.1) is 0 Å². The highest BCUT2D eigenvalue weighted by Crippen LogP contribution is 2.33. The molecule has 1 amide bonds. The molecular formula is C26H36N4O4S. The topological polar surface area (TPSA) is 86.6 Å². The van der Waals surface area contributed by atoms with E-state index in [1.165, 1.54) is 11.3 Å². The van der Waals surface area contributed by atoms with Crippen molar-refractivity contribution in [1.29, 1.82) is 0 Å². The van der Waals surface area contributed by atoms with E-state index >= 15 is 0 Å². The molecule has 4 unspecified atom stereocenters. The summed E-state index contributed by atoms with van der Waals surface area (Å²) in [5.74, 6) is 1.21. The fraction of sp³-hybridized carbons (Fsp3) is 0.538. The molecule has 8 nitrogen and oxygen atoms in total. The molecular weight excluding hydrogens is 464 g/mol. The first-order valence-electron chi connectivity index (χ1n) is 12.2. The van der Waals surface area contributed by atoms with Gasteiger partial charge < -0.3 is 24.8 Å². The van der Waals surface area contributed by atoms with Crippen LogP contribution in [0.5, 0.6) is 0 Å². The van der Waals surface area contributed by atoms with E-state index < -0.39 is 6.23 Å². The van der Waals surface area contributed by atoms with Crippen molar-refractivity contribution in [3.63, 3.8) is 0 Å². The molecule has 4 rings (SSSR count). The Morgan fingerprint density at radius 2 is 1.89 bits per heavy atom. The molecule has 0 bridgehead atoms. The zero-order valence-corrected chi connectivity index (χ0v) is 21.8. The number of rotatable bonds is 7. The number of hydrogen-bond acceptors (Lipinski definition) is 8. The molecule has 9 heteroatoms. The van der Waals surface area contributed by atoms with Gasteiger partial charge in [-0.2, -0.15) is 0 Å². The maximum Gasteiger partial charge on any atom is 0.285 e. The van der Waals surface area contributed by atoms with Crippen molar-refractivity contribution < 1.29 is 19.4 Å². The quantitative estimate of drug-likeness (QED) is 0.555. The zero-order valence-electron chi connectivity index (χ0n) is 20.9. The minimum Gasteiger partial charge on any atom is -0.495 e. The average Bonchev–Trinajstić information content (AvgIpc) is 3.11. The number of benzene rings is 1. The van der Waals surface area contributed by atoms with Crippen LogP contribution >= 0.6 is 11.8 Å². The Kier molecular flexibility index (Phi) is 8.54. The number of aliphatic hydroxyl groups is 1. The van der Waals surface area contributed by atoms with Crippen molar-refractivity contribution in [2.24, 2.45) is 16.8 Å². The zero-order chi connectivity index (χ0) is 24.9. The van der Waals surface area contributed by atoms with Crippen molar-refractivity contribution in [1.82, 2.24) is 10.2 Å². The molecule has 1 aromatic carbocycles. The number of anilines is 1. The third-order valence-electron chi connectivity index (χ3n) is 6.95. The number of amides is 1. The summed E-state index contributed by atoms with van der Waals surface area (Å²) in [4.78, 5) is 22.3. The van der Waals surface area contributed by atoms with Gasteiger partial charge in [0, 0.05) is 61.8 Å². The number of hydrogen-bond donors (Lipinski definition) is 2. The summed E-state index contributed by atoms with van der Waals surface area (Å²) in [7, 11) is 1.66. The van der Waals surface area contributed by atoms with Crippen molar-refractivity contribution in [3.8, 4) is 0 Å². The van der Waals surface area contributed by atoms with Crippen molar-refractivity contribution in [3.05, 3.63) is 52.6 Å². The Morgan fingerprint density at radius 3 is 2.51 bits per heavy atom. The summed E-state index contributed by atoms with van der Waals surface area (Å²) in [5, 5.41) is 12.5. The molecule has 0 saturated carbocycles. The van der Waals surface area contributed by atoms with Crippen LogP contribution in [0.1, 0.15) is 19.4 Å². The molecule has 0 radical (unpaired) electrons. The van der Waals surface area contributed by atoms with Gasteiger partial charge in [0.1, 0.15) is 18.5 Å². The number of thioether (sulfide) groups is 1. The standard InChI is InChI=1S/C26H36N4O4S/c1-17-5-7-21(8-6-17)29-9-11-30(12-10-29)24-19(3)18(2)22(34-14-13-33-4)15-20(27-24)16-23-25(31)28-26(32)35-23/h5-8,15-16,18-19,24-25,31H,9-14H2,1-4H3,(H,28,32). The number of carbonyl (C=O) groups is 1. The highest BCUT2D eigenvalue weighted by atomic mass is 32.2. The SMILES string of the molecule is COCCOC1=CC(C=C2SC(=O)NC2O)=NC(N2CCN(c3ccc(C)cc3)CC2)C(C)C1C. The Hall–Kier alpha value is -2.33. The van der Waals surface area contributed by atoms with Gasteiger partial charge >= 0.3 is 0 Å². The fourth-order valence-electron chi connectivity index (χ4n) is 4.64. The Balaban J connectivity index is 1.55. The van der Waals surface area contributed by atoms with Gasteiger partial charge in [0.2, 0.25) is 0 Å². The lowest BCUT2D eigenvalue weighted by Crippen LogP contribution is -2.52. The third kappa shape index (κ3) is 6.27. The Morgan fingerprint density at radius 1 is 1.17 bits per heavy atom. The first-order valence-corrected chi connectivity index (χ1v) is 13.0. The molecule has 1 aromatic rings. The predicted molar refractivity (Wildman–Crippen MR) is 141 cm³/mol. The molecule has 0 spiro atoms. The molecule has 190 valence electrons. The minimum absolute atomic E-state index is 0.0380. The van der Waals surface area contributed by atoms with Crippen LogP contribution < -0.4 is 10.2 Å². The monoisotopic (exact) mass is 500 g/mol. The maximum atomic E-state index is 11.7. The minimum atomic E-state index is -1.00. The first kappa shape index (κ1) is 25.8. The lowest BCUT2D eigenvalue weighted by atomic mass is 9.90. The summed E-state index contributed by atoms with van der Waals surface area (Å²) in [6.45, 7) is 11.1. The second kappa shape index (κ2) is 11.6. The summed E-state index contributed by atoms with van der Waals surface area (Å²) in [6, 6.07) is 8.70. The molecule has 4 atom stereocenters. The average molecular weight is 501 g/mol. The lowest BCUT2D eigenvalue weighted by molar-refractivity contribution is 0.0738. The molecule has 2 N–H and O–H groups in total. The number of nitrogens with zero attached hydrogens (tertiary/aromatic N) is 3. The molecule has 3 aliphatic heterocycles. The summed E-state index contributed by atoms with van der Waals surface area (Å²) >= 11 is 1.00. The molecule has 0 aromatic heterocycles. The number of nitrogens with one attached hydrogen (secondary N) is 1. The number of methoxy groups -OCH3 is 1. The van der Waals surface area contributed by atoms with E-state index in [-0.39, 0.29) is 23.2 Å². The number of ether oxygens (including phenoxy) is 2. The van der Waals surface area contributed by atoms with E-state index in [9.17, 15) is 9.90 Å². The van der Waals surface area contributed by atoms with Crippen molar-refractivity contribution >= 4 is 28.4 Å². The van der Waals surface area contributed by atoms with Crippen LogP contribution in [0.25, 0.3) is 0 Å². The molecule has 2 fully saturated rings. The number of allylic oxidation sites excluding steroid dienone is 3. The van der Waals surface area contributed by atoms with Crippen LogP contribution in [-0.2, 0) is 9.47 Å². The van der Waals surface area contributed by atoms with E-state index in [4.69, 9.17) is 14.5 Å². The van der Waals surface area contributed by atoms with Crippen LogP contribution in [0.15, 0.2) is 52.1 Å². The van der Waals surface area contributed by atoms with E-state index in [2.05, 4.69) is 60.2 Å². The number of aliphatic imine (C=N–C) groups is 1. The fourth-order valence-corrected chi connectivity index (χ4v) is 5.38. The second-order valence-electron chi connectivity index (χ2n) is 9.35. The first-order chi connectivity index (χ1) is 16.9. The van der Waals surface area contributed by atoms with E-state index in [0.29, 0.717) is 23.8 Å².